The van der Waals surface area contributed by atoms with Gasteiger partial charge in [-0.25, -0.2) is 0 Å². The summed E-state index contributed by atoms with van der Waals surface area (Å²) in [6, 6.07) is 11.3. The lowest BCUT2D eigenvalue weighted by molar-refractivity contribution is -0.143. The van der Waals surface area contributed by atoms with Crippen molar-refractivity contribution in [2.24, 2.45) is 5.92 Å². The van der Waals surface area contributed by atoms with Crippen molar-refractivity contribution in [3.05, 3.63) is 63.1 Å². The van der Waals surface area contributed by atoms with Crippen LogP contribution in [0.2, 0.25) is 15.1 Å². The lowest BCUT2D eigenvalue weighted by Crippen LogP contribution is -2.50. The van der Waals surface area contributed by atoms with E-state index < -0.39 is 6.04 Å². The molecule has 0 aromatic heterocycles. The fraction of sp³-hybridized carbons (Fsp3) is 0.391. The molecule has 2 aromatic carbocycles. The van der Waals surface area contributed by atoms with E-state index in [2.05, 4.69) is 5.32 Å². The first-order valence-corrected chi connectivity index (χ1v) is 11.2. The number of nitrogens with one attached hydrogen (secondary N) is 1. The zero-order valence-corrected chi connectivity index (χ0v) is 20.1. The van der Waals surface area contributed by atoms with Crippen molar-refractivity contribution in [2.75, 3.05) is 13.2 Å². The molecule has 2 amide bonds. The Morgan fingerprint density at radius 3 is 2.26 bits per heavy atom. The quantitative estimate of drug-likeness (QED) is 0.476. The van der Waals surface area contributed by atoms with E-state index in [-0.39, 0.29) is 25.0 Å². The molecule has 0 saturated heterocycles. The Bertz CT molecular complexity index is 888. The van der Waals surface area contributed by atoms with Gasteiger partial charge in [-0.05, 0) is 48.2 Å². The van der Waals surface area contributed by atoms with E-state index in [0.29, 0.717) is 39.7 Å². The summed E-state index contributed by atoms with van der Waals surface area (Å²) in [6.07, 6.45) is 0.463. The van der Waals surface area contributed by atoms with Gasteiger partial charge in [-0.2, -0.15) is 0 Å². The predicted molar refractivity (Wildman–Crippen MR) is 126 cm³/mol. The SMILES string of the molecule is CCC(C(=O)NCC(C)C)N(Cc1ccc(Cl)cc1)C(=O)COc1ccc(Cl)cc1Cl. The monoisotopic (exact) mass is 484 g/mol. The van der Waals surface area contributed by atoms with E-state index in [9.17, 15) is 9.59 Å². The molecule has 0 fully saturated rings. The molecular weight excluding hydrogens is 459 g/mol. The van der Waals surface area contributed by atoms with E-state index in [1.165, 1.54) is 4.90 Å². The van der Waals surface area contributed by atoms with Crippen molar-refractivity contribution in [1.29, 1.82) is 0 Å². The van der Waals surface area contributed by atoms with Gasteiger partial charge < -0.3 is 15.0 Å². The van der Waals surface area contributed by atoms with Gasteiger partial charge in [0.15, 0.2) is 6.61 Å². The van der Waals surface area contributed by atoms with Crippen LogP contribution in [0.25, 0.3) is 0 Å². The van der Waals surface area contributed by atoms with E-state index >= 15 is 0 Å². The number of rotatable bonds is 10. The molecule has 1 unspecified atom stereocenters. The predicted octanol–water partition coefficient (Wildman–Crippen LogP) is 5.61. The standard InChI is InChI=1S/C23H27Cl3N2O3/c1-4-20(23(30)27-12-15(2)3)28(13-16-5-7-17(24)8-6-16)22(29)14-31-21-10-9-18(25)11-19(21)26/h5-11,15,20H,4,12-14H2,1-3H3,(H,27,30). The Morgan fingerprint density at radius 2 is 1.68 bits per heavy atom. The number of benzene rings is 2. The van der Waals surface area contributed by atoms with Crippen LogP contribution in [-0.2, 0) is 16.1 Å². The summed E-state index contributed by atoms with van der Waals surface area (Å²) in [6.45, 7) is 6.43. The van der Waals surface area contributed by atoms with E-state index in [1.54, 1.807) is 30.3 Å². The molecule has 8 heteroatoms. The van der Waals surface area contributed by atoms with Crippen molar-refractivity contribution in [1.82, 2.24) is 10.2 Å². The Morgan fingerprint density at radius 1 is 1.03 bits per heavy atom. The first-order valence-electron chi connectivity index (χ1n) is 10.1. The smallest absolute Gasteiger partial charge is 0.261 e. The molecule has 1 N–H and O–H groups in total. The zero-order chi connectivity index (χ0) is 23.0. The second kappa shape index (κ2) is 12.2. The fourth-order valence-electron chi connectivity index (χ4n) is 2.94. The molecule has 0 spiro atoms. The Kier molecular flexibility index (Phi) is 9.94. The summed E-state index contributed by atoms with van der Waals surface area (Å²) >= 11 is 18.0. The second-order valence-corrected chi connectivity index (χ2v) is 8.85. The first-order chi connectivity index (χ1) is 14.7. The summed E-state index contributed by atoms with van der Waals surface area (Å²) < 4.78 is 5.63. The lowest BCUT2D eigenvalue weighted by atomic mass is 10.1. The normalized spacial score (nSPS) is 11.8. The number of carbonyl (C=O) groups excluding carboxylic acids is 2. The Hall–Kier alpha value is -1.95. The molecule has 0 aliphatic carbocycles. The second-order valence-electron chi connectivity index (χ2n) is 7.57. The average molecular weight is 486 g/mol. The molecule has 1 atom stereocenters. The number of hydrogen-bond donors (Lipinski definition) is 1. The van der Waals surface area contributed by atoms with Gasteiger partial charge in [0.1, 0.15) is 11.8 Å². The summed E-state index contributed by atoms with van der Waals surface area (Å²) in [7, 11) is 0. The highest BCUT2D eigenvalue weighted by molar-refractivity contribution is 6.35. The number of ether oxygens (including phenoxy) is 1. The number of halogens is 3. The van der Waals surface area contributed by atoms with Crippen LogP contribution in [0.15, 0.2) is 42.5 Å². The van der Waals surface area contributed by atoms with Crippen LogP contribution in [0.5, 0.6) is 5.75 Å². The van der Waals surface area contributed by atoms with Gasteiger partial charge in [-0.3, -0.25) is 9.59 Å². The summed E-state index contributed by atoms with van der Waals surface area (Å²) in [4.78, 5) is 27.5. The molecule has 2 rings (SSSR count). The van der Waals surface area contributed by atoms with E-state index in [0.717, 1.165) is 5.56 Å². The molecule has 168 valence electrons. The van der Waals surface area contributed by atoms with Crippen LogP contribution in [0, 0.1) is 5.92 Å². The minimum absolute atomic E-state index is 0.192. The van der Waals surface area contributed by atoms with Gasteiger partial charge in [0.2, 0.25) is 5.91 Å². The molecule has 2 aromatic rings. The Labute approximate surface area is 198 Å². The van der Waals surface area contributed by atoms with Crippen LogP contribution >= 0.6 is 34.8 Å². The Balaban J connectivity index is 2.20. The zero-order valence-electron chi connectivity index (χ0n) is 17.8. The van der Waals surface area contributed by atoms with Crippen LogP contribution in [0.1, 0.15) is 32.8 Å². The number of carbonyl (C=O) groups is 2. The molecular formula is C23H27Cl3N2O3. The highest BCUT2D eigenvalue weighted by Gasteiger charge is 2.29. The molecule has 0 radical (unpaired) electrons. The lowest BCUT2D eigenvalue weighted by Gasteiger charge is -2.31. The molecule has 5 nitrogen and oxygen atoms in total. The minimum Gasteiger partial charge on any atom is -0.482 e. The molecule has 0 aliphatic rings. The average Bonchev–Trinajstić information content (AvgIpc) is 2.72. The van der Waals surface area contributed by atoms with Gasteiger partial charge in [-0.15, -0.1) is 0 Å². The van der Waals surface area contributed by atoms with Gasteiger partial charge in [0.25, 0.3) is 5.91 Å². The van der Waals surface area contributed by atoms with Crippen LogP contribution in [0.4, 0.5) is 0 Å². The topological polar surface area (TPSA) is 58.6 Å². The van der Waals surface area contributed by atoms with Gasteiger partial charge >= 0.3 is 0 Å². The molecule has 0 heterocycles. The third-order valence-electron chi connectivity index (χ3n) is 4.58. The number of hydrogen-bond acceptors (Lipinski definition) is 3. The maximum Gasteiger partial charge on any atom is 0.261 e. The van der Waals surface area contributed by atoms with Crippen molar-refractivity contribution < 1.29 is 14.3 Å². The maximum absolute atomic E-state index is 13.1. The largest absolute Gasteiger partial charge is 0.482 e. The molecule has 31 heavy (non-hydrogen) atoms. The van der Waals surface area contributed by atoms with Gasteiger partial charge in [0, 0.05) is 23.1 Å². The van der Waals surface area contributed by atoms with Crippen LogP contribution in [-0.4, -0.2) is 35.9 Å². The summed E-state index contributed by atoms with van der Waals surface area (Å²) in [5.41, 5.74) is 0.859. The summed E-state index contributed by atoms with van der Waals surface area (Å²) in [5.74, 6) is 0.135. The van der Waals surface area contributed by atoms with E-state index in [1.807, 2.05) is 32.9 Å². The maximum atomic E-state index is 13.1. The van der Waals surface area contributed by atoms with Crippen molar-refractivity contribution in [3.8, 4) is 5.75 Å². The molecule has 0 bridgehead atoms. The first kappa shape index (κ1) is 25.3. The van der Waals surface area contributed by atoms with Crippen LogP contribution < -0.4 is 10.1 Å². The minimum atomic E-state index is -0.633. The third kappa shape index (κ3) is 7.91. The van der Waals surface area contributed by atoms with Gasteiger partial charge in [0.05, 0.1) is 5.02 Å². The third-order valence-corrected chi connectivity index (χ3v) is 5.36. The van der Waals surface area contributed by atoms with Gasteiger partial charge in [-0.1, -0.05) is 67.7 Å². The number of amides is 2. The van der Waals surface area contributed by atoms with E-state index in [4.69, 9.17) is 39.5 Å². The number of nitrogens with zero attached hydrogens (tertiary/aromatic N) is 1. The van der Waals surface area contributed by atoms with Crippen molar-refractivity contribution in [3.63, 3.8) is 0 Å². The fourth-order valence-corrected chi connectivity index (χ4v) is 3.53. The van der Waals surface area contributed by atoms with Crippen molar-refractivity contribution in [2.45, 2.75) is 39.8 Å². The molecule has 0 aliphatic heterocycles. The highest BCUT2D eigenvalue weighted by atomic mass is 35.5. The van der Waals surface area contributed by atoms with Crippen molar-refractivity contribution >= 4 is 46.6 Å². The summed E-state index contributed by atoms with van der Waals surface area (Å²) in [5, 5.41) is 4.31. The molecule has 0 saturated carbocycles. The van der Waals surface area contributed by atoms with Crippen LogP contribution in [0.3, 0.4) is 0 Å². The highest BCUT2D eigenvalue weighted by Crippen LogP contribution is 2.27.